The molecule has 2 aromatic rings. The summed E-state index contributed by atoms with van der Waals surface area (Å²) in [7, 11) is 1.54. The molecule has 0 saturated heterocycles. The zero-order valence-electron chi connectivity index (χ0n) is 19.7. The summed E-state index contributed by atoms with van der Waals surface area (Å²) in [6, 6.07) is 0. The molecule has 0 aliphatic carbocycles. The summed E-state index contributed by atoms with van der Waals surface area (Å²) in [5, 5.41) is 0.500. The molecule has 2 heterocycles. The third kappa shape index (κ3) is 6.57. The van der Waals surface area contributed by atoms with E-state index in [1.165, 1.54) is 28.3 Å². The van der Waals surface area contributed by atoms with Gasteiger partial charge in [0, 0.05) is 44.5 Å². The number of hydrogen-bond donors (Lipinski definition) is 3. The summed E-state index contributed by atoms with van der Waals surface area (Å²) in [6.07, 6.45) is 2.36. The topological polar surface area (TPSA) is 156 Å². The van der Waals surface area contributed by atoms with Gasteiger partial charge >= 0.3 is 5.69 Å². The third-order valence-corrected chi connectivity index (χ3v) is 5.63. The Hall–Kier alpha value is -2.86. The van der Waals surface area contributed by atoms with Crippen molar-refractivity contribution >= 4 is 29.2 Å². The first-order valence-electron chi connectivity index (χ1n) is 10.7. The molecular weight excluding hydrogens is 448 g/mol. The van der Waals surface area contributed by atoms with Crippen molar-refractivity contribution in [3.63, 3.8) is 0 Å². The molecule has 0 aliphatic rings. The molecule has 2 aromatic heterocycles. The lowest BCUT2D eigenvalue weighted by Crippen LogP contribution is -2.42. The highest BCUT2D eigenvalue weighted by molar-refractivity contribution is 7.98. The highest BCUT2D eigenvalue weighted by Crippen LogP contribution is 2.20. The van der Waals surface area contributed by atoms with Crippen molar-refractivity contribution in [1.29, 1.82) is 0 Å². The maximum absolute atomic E-state index is 13.2. The van der Waals surface area contributed by atoms with E-state index in [4.69, 9.17) is 10.5 Å². The van der Waals surface area contributed by atoms with E-state index in [1.54, 1.807) is 13.2 Å². The summed E-state index contributed by atoms with van der Waals surface area (Å²) in [5.74, 6) is -0.373. The van der Waals surface area contributed by atoms with E-state index in [9.17, 15) is 19.2 Å². The number of amides is 1. The van der Waals surface area contributed by atoms with E-state index in [0.29, 0.717) is 29.4 Å². The minimum atomic E-state index is -0.733. The first-order chi connectivity index (χ1) is 15.6. The van der Waals surface area contributed by atoms with Crippen molar-refractivity contribution in [3.8, 4) is 0 Å². The lowest BCUT2D eigenvalue weighted by molar-refractivity contribution is -0.118. The Balaban J connectivity index is 2.41. The number of aryl methyl sites for hydroxylation is 1. The van der Waals surface area contributed by atoms with E-state index in [-0.39, 0.29) is 48.9 Å². The average Bonchev–Trinajstić information content (AvgIpc) is 2.74. The summed E-state index contributed by atoms with van der Waals surface area (Å²) in [5.41, 5.74) is 5.44. The van der Waals surface area contributed by atoms with E-state index in [0.717, 1.165) is 0 Å². The van der Waals surface area contributed by atoms with Crippen LogP contribution in [0.2, 0.25) is 0 Å². The zero-order valence-corrected chi connectivity index (χ0v) is 20.5. The number of anilines is 2. The van der Waals surface area contributed by atoms with Gasteiger partial charge in [0.25, 0.3) is 11.1 Å². The molecule has 4 N–H and O–H groups in total. The molecule has 0 saturated carbocycles. The van der Waals surface area contributed by atoms with Gasteiger partial charge in [-0.15, -0.1) is 0 Å². The second kappa shape index (κ2) is 11.8. The van der Waals surface area contributed by atoms with Crippen LogP contribution in [0.1, 0.15) is 37.9 Å². The Kier molecular flexibility index (Phi) is 9.47. The number of H-pyrrole nitrogens is 2. The molecular formula is C21H32N6O5S. The number of rotatable bonds is 11. The molecule has 1 amide bonds. The molecule has 182 valence electrons. The van der Waals surface area contributed by atoms with Gasteiger partial charge in [-0.3, -0.25) is 23.9 Å². The molecule has 0 radical (unpaired) electrons. The predicted octanol–water partition coefficient (Wildman–Crippen LogP) is 0.891. The Morgan fingerprint density at radius 3 is 2.52 bits per heavy atom. The molecule has 0 fully saturated rings. The van der Waals surface area contributed by atoms with Crippen molar-refractivity contribution in [2.24, 2.45) is 5.92 Å². The van der Waals surface area contributed by atoms with Crippen LogP contribution in [-0.2, 0) is 22.5 Å². The molecule has 0 unspecified atom stereocenters. The van der Waals surface area contributed by atoms with Crippen LogP contribution in [0, 0.1) is 12.8 Å². The van der Waals surface area contributed by atoms with Crippen LogP contribution in [0.25, 0.3) is 0 Å². The van der Waals surface area contributed by atoms with Crippen molar-refractivity contribution in [2.45, 2.75) is 51.7 Å². The molecule has 0 aromatic carbocycles. The highest BCUT2D eigenvalue weighted by Gasteiger charge is 2.24. The van der Waals surface area contributed by atoms with Crippen LogP contribution in [-0.4, -0.2) is 51.9 Å². The minimum absolute atomic E-state index is 0.0423. The quantitative estimate of drug-likeness (QED) is 0.243. The normalized spacial score (nSPS) is 11.2. The standard InChI is InChI=1S/C21H32N6O5S/c1-12(2)11-27-17(22)16(19(30)25-21(27)31)26(9-6-10-32-4)15(28)8-7-14-13(3)23-20(33-5)24-18(14)29/h12H,6-11,22H2,1-5H3,(H,23,24,29)(H,25,30,31). The molecule has 0 atom stereocenters. The fourth-order valence-electron chi connectivity index (χ4n) is 3.46. The Bertz CT molecular complexity index is 1150. The summed E-state index contributed by atoms with van der Waals surface area (Å²) >= 11 is 1.32. The van der Waals surface area contributed by atoms with Gasteiger partial charge in [-0.05, 0) is 31.9 Å². The third-order valence-electron chi connectivity index (χ3n) is 5.05. The molecule has 0 bridgehead atoms. The van der Waals surface area contributed by atoms with E-state index >= 15 is 0 Å². The number of nitrogen functional groups attached to an aromatic ring is 1. The lowest BCUT2D eigenvalue weighted by Gasteiger charge is -2.25. The van der Waals surface area contributed by atoms with Crippen LogP contribution in [0.4, 0.5) is 11.5 Å². The molecule has 33 heavy (non-hydrogen) atoms. The van der Waals surface area contributed by atoms with E-state index in [1.807, 2.05) is 13.8 Å². The number of nitrogens with one attached hydrogen (secondary N) is 2. The fourth-order valence-corrected chi connectivity index (χ4v) is 3.88. The van der Waals surface area contributed by atoms with Gasteiger partial charge in [-0.1, -0.05) is 25.6 Å². The Morgan fingerprint density at radius 2 is 1.94 bits per heavy atom. The number of carbonyl (C=O) groups excluding carboxylic acids is 1. The number of methoxy groups -OCH3 is 1. The Morgan fingerprint density at radius 1 is 1.24 bits per heavy atom. The Labute approximate surface area is 195 Å². The van der Waals surface area contributed by atoms with Gasteiger partial charge in [0.1, 0.15) is 5.82 Å². The minimum Gasteiger partial charge on any atom is -0.385 e. The number of nitrogens with zero attached hydrogens (tertiary/aromatic N) is 3. The summed E-state index contributed by atoms with van der Waals surface area (Å²) in [4.78, 5) is 61.2. The van der Waals surface area contributed by atoms with Crippen LogP contribution < -0.4 is 27.4 Å². The number of carbonyl (C=O) groups is 1. The number of nitrogens with two attached hydrogens (primary N) is 1. The monoisotopic (exact) mass is 480 g/mol. The van der Waals surface area contributed by atoms with Crippen LogP contribution in [0.3, 0.4) is 0 Å². The zero-order chi connectivity index (χ0) is 24.7. The van der Waals surface area contributed by atoms with Crippen LogP contribution in [0.5, 0.6) is 0 Å². The van der Waals surface area contributed by atoms with E-state index in [2.05, 4.69) is 15.0 Å². The number of aromatic nitrogens is 4. The SMILES string of the molecule is COCCCN(C(=O)CCc1c(C)nc(SC)[nH]c1=O)c1c(N)n(CC(C)C)c(=O)[nH]c1=O. The summed E-state index contributed by atoms with van der Waals surface area (Å²) < 4.78 is 6.34. The molecule has 2 rings (SSSR count). The molecule has 12 heteroatoms. The molecule has 11 nitrogen and oxygen atoms in total. The summed E-state index contributed by atoms with van der Waals surface area (Å²) in [6.45, 7) is 6.36. The number of hydrogen-bond acceptors (Lipinski definition) is 8. The fraction of sp³-hybridized carbons (Fsp3) is 0.571. The largest absolute Gasteiger partial charge is 0.385 e. The van der Waals surface area contributed by atoms with Crippen molar-refractivity contribution in [3.05, 3.63) is 42.4 Å². The maximum atomic E-state index is 13.2. The first kappa shape index (κ1) is 26.4. The second-order valence-electron chi connectivity index (χ2n) is 8.03. The van der Waals surface area contributed by atoms with Gasteiger partial charge < -0.3 is 20.4 Å². The van der Waals surface area contributed by atoms with Crippen LogP contribution >= 0.6 is 11.8 Å². The smallest absolute Gasteiger partial charge is 0.330 e. The molecule has 0 spiro atoms. The van der Waals surface area contributed by atoms with Gasteiger partial charge in [0.15, 0.2) is 10.8 Å². The van der Waals surface area contributed by atoms with Gasteiger partial charge in [-0.2, -0.15) is 0 Å². The molecule has 0 aliphatic heterocycles. The average molecular weight is 481 g/mol. The highest BCUT2D eigenvalue weighted by atomic mass is 32.2. The number of thioether (sulfide) groups is 1. The van der Waals surface area contributed by atoms with Crippen LogP contribution in [0.15, 0.2) is 19.5 Å². The second-order valence-corrected chi connectivity index (χ2v) is 8.82. The van der Waals surface area contributed by atoms with Gasteiger partial charge in [0.05, 0.1) is 0 Å². The lowest BCUT2D eigenvalue weighted by atomic mass is 10.1. The van der Waals surface area contributed by atoms with Crippen molar-refractivity contribution in [1.82, 2.24) is 19.5 Å². The van der Waals surface area contributed by atoms with Crippen molar-refractivity contribution in [2.75, 3.05) is 37.2 Å². The first-order valence-corrected chi connectivity index (χ1v) is 11.9. The van der Waals surface area contributed by atoms with Crippen molar-refractivity contribution < 1.29 is 9.53 Å². The maximum Gasteiger partial charge on any atom is 0.330 e. The van der Waals surface area contributed by atoms with Gasteiger partial charge in [-0.25, -0.2) is 9.78 Å². The number of ether oxygens (including phenoxy) is 1. The van der Waals surface area contributed by atoms with Gasteiger partial charge in [0.2, 0.25) is 5.91 Å². The van der Waals surface area contributed by atoms with E-state index < -0.39 is 17.2 Å². The number of aromatic amines is 2. The predicted molar refractivity (Wildman–Crippen MR) is 129 cm³/mol.